The molecule has 1 aromatic carbocycles. The molecule has 8 nitrogen and oxygen atoms in total. The van der Waals surface area contributed by atoms with Crippen molar-refractivity contribution in [3.63, 3.8) is 0 Å². The number of halogens is 1. The average molecular weight is 436 g/mol. The van der Waals surface area contributed by atoms with Crippen LogP contribution in [0.15, 0.2) is 55.1 Å². The molecule has 1 fully saturated rings. The highest BCUT2D eigenvalue weighted by Gasteiger charge is 2.30. The van der Waals surface area contributed by atoms with E-state index >= 15 is 0 Å². The Kier molecular flexibility index (Phi) is 6.84. The summed E-state index contributed by atoms with van der Waals surface area (Å²) in [5.74, 6) is 0.751. The molecule has 1 atom stereocenters. The number of ether oxygens (including phenoxy) is 1. The summed E-state index contributed by atoms with van der Waals surface area (Å²) in [5.41, 5.74) is 0.868. The van der Waals surface area contributed by atoms with Crippen LogP contribution in [0.5, 0.6) is 5.75 Å². The maximum absolute atomic E-state index is 13.9. The molecule has 3 heterocycles. The van der Waals surface area contributed by atoms with Crippen molar-refractivity contribution >= 4 is 17.7 Å². The number of hydrogen-bond donors (Lipinski definition) is 1. The lowest BCUT2D eigenvalue weighted by atomic mass is 9.93. The van der Waals surface area contributed by atoms with Crippen molar-refractivity contribution in [2.45, 2.75) is 38.2 Å². The van der Waals surface area contributed by atoms with Gasteiger partial charge in [-0.15, -0.1) is 0 Å². The van der Waals surface area contributed by atoms with E-state index in [-0.39, 0.29) is 17.6 Å². The number of aromatic nitrogens is 4. The van der Waals surface area contributed by atoms with Gasteiger partial charge in [0.05, 0.1) is 11.9 Å². The minimum atomic E-state index is -0.707. The van der Waals surface area contributed by atoms with E-state index in [2.05, 4.69) is 25.3 Å². The number of carbonyl (C=O) groups excluding carboxylic acids is 1. The van der Waals surface area contributed by atoms with Gasteiger partial charge in [0, 0.05) is 37.6 Å². The molecule has 0 unspecified atom stereocenters. The number of nitrogens with one attached hydrogen (secondary N) is 1. The van der Waals surface area contributed by atoms with Crippen LogP contribution in [0.2, 0.25) is 0 Å². The molecular weight excluding hydrogens is 411 g/mol. The van der Waals surface area contributed by atoms with E-state index in [4.69, 9.17) is 4.74 Å². The molecule has 1 aliphatic heterocycles. The maximum atomic E-state index is 13.9. The number of para-hydroxylation sites is 1. The number of likely N-dealkylation sites (tertiary alicyclic amines) is 1. The lowest BCUT2D eigenvalue weighted by Crippen LogP contribution is -2.45. The first-order chi connectivity index (χ1) is 15.6. The van der Waals surface area contributed by atoms with E-state index in [1.165, 1.54) is 12.1 Å². The molecule has 0 bridgehead atoms. The standard InChI is InChI=1S/C23H25FN6O2/c1-2-19(32-20-7-4-3-6-17(20)24)22(31)30-12-8-16(9-13-30)18-14-25-15-21(28-18)29-23-26-10-5-11-27-23/h3-7,10-11,14-16,19H,2,8-9,12-13H2,1H3,(H,26,27,28,29)/t19-/m0/s1. The third-order valence-electron chi connectivity index (χ3n) is 5.44. The van der Waals surface area contributed by atoms with Crippen LogP contribution in [-0.4, -0.2) is 49.9 Å². The Morgan fingerprint density at radius 2 is 1.94 bits per heavy atom. The summed E-state index contributed by atoms with van der Waals surface area (Å²) in [4.78, 5) is 32.0. The predicted octanol–water partition coefficient (Wildman–Crippen LogP) is 3.71. The molecule has 3 aromatic rings. The Labute approximate surface area is 185 Å². The number of anilines is 2. The van der Waals surface area contributed by atoms with Crippen LogP contribution in [0, 0.1) is 5.82 Å². The smallest absolute Gasteiger partial charge is 0.263 e. The van der Waals surface area contributed by atoms with E-state index in [0.29, 0.717) is 31.3 Å². The topological polar surface area (TPSA) is 93.1 Å². The average Bonchev–Trinajstić information content (AvgIpc) is 2.84. The van der Waals surface area contributed by atoms with Crippen molar-refractivity contribution in [3.8, 4) is 5.75 Å². The number of carbonyl (C=O) groups is 1. The van der Waals surface area contributed by atoms with Gasteiger partial charge in [0.15, 0.2) is 23.5 Å². The number of rotatable bonds is 7. The summed E-state index contributed by atoms with van der Waals surface area (Å²) in [5, 5.41) is 3.05. The van der Waals surface area contributed by atoms with Gasteiger partial charge in [-0.2, -0.15) is 0 Å². The van der Waals surface area contributed by atoms with Gasteiger partial charge in [-0.05, 0) is 37.5 Å². The summed E-state index contributed by atoms with van der Waals surface area (Å²) in [6.07, 6.45) is 7.98. The zero-order valence-corrected chi connectivity index (χ0v) is 17.8. The van der Waals surface area contributed by atoms with Crippen LogP contribution in [0.25, 0.3) is 0 Å². The Morgan fingerprint density at radius 3 is 2.66 bits per heavy atom. The van der Waals surface area contributed by atoms with Crippen molar-refractivity contribution in [3.05, 3.63) is 66.6 Å². The third-order valence-corrected chi connectivity index (χ3v) is 5.44. The first-order valence-electron chi connectivity index (χ1n) is 10.7. The van der Waals surface area contributed by atoms with E-state index in [9.17, 15) is 9.18 Å². The largest absolute Gasteiger partial charge is 0.478 e. The number of piperidine rings is 1. The van der Waals surface area contributed by atoms with Crippen LogP contribution >= 0.6 is 0 Å². The lowest BCUT2D eigenvalue weighted by molar-refractivity contribution is -0.140. The van der Waals surface area contributed by atoms with Gasteiger partial charge in [0.1, 0.15) is 0 Å². The molecule has 0 saturated carbocycles. The van der Waals surface area contributed by atoms with E-state index in [0.717, 1.165) is 18.5 Å². The number of amides is 1. The Hall–Kier alpha value is -3.62. The molecule has 4 rings (SSSR count). The Morgan fingerprint density at radius 1 is 1.19 bits per heavy atom. The minimum Gasteiger partial charge on any atom is -0.478 e. The van der Waals surface area contributed by atoms with Crippen molar-refractivity contribution in [1.82, 2.24) is 24.8 Å². The van der Waals surface area contributed by atoms with Gasteiger partial charge >= 0.3 is 0 Å². The summed E-state index contributed by atoms with van der Waals surface area (Å²) >= 11 is 0. The highest BCUT2D eigenvalue weighted by molar-refractivity contribution is 5.81. The third kappa shape index (κ3) is 5.16. The Bertz CT molecular complexity index is 1040. The van der Waals surface area contributed by atoms with Crippen LogP contribution in [0.1, 0.15) is 37.8 Å². The molecule has 1 amide bonds. The van der Waals surface area contributed by atoms with Gasteiger partial charge in [0.25, 0.3) is 5.91 Å². The SMILES string of the molecule is CC[C@H](Oc1ccccc1F)C(=O)N1CCC(c2cncc(Nc3ncccn3)n2)CC1. The highest BCUT2D eigenvalue weighted by atomic mass is 19.1. The van der Waals surface area contributed by atoms with Crippen molar-refractivity contribution < 1.29 is 13.9 Å². The van der Waals surface area contributed by atoms with Crippen LogP contribution in [-0.2, 0) is 4.79 Å². The summed E-state index contributed by atoms with van der Waals surface area (Å²) in [6, 6.07) is 7.89. The molecule has 0 spiro atoms. The van der Waals surface area contributed by atoms with Gasteiger partial charge in [-0.25, -0.2) is 19.3 Å². The maximum Gasteiger partial charge on any atom is 0.263 e. The van der Waals surface area contributed by atoms with Crippen molar-refractivity contribution in [2.75, 3.05) is 18.4 Å². The minimum absolute atomic E-state index is 0.101. The van der Waals surface area contributed by atoms with E-state index in [1.54, 1.807) is 47.9 Å². The van der Waals surface area contributed by atoms with Crippen molar-refractivity contribution in [1.29, 1.82) is 0 Å². The predicted molar refractivity (Wildman–Crippen MR) is 117 cm³/mol. The molecule has 1 aliphatic rings. The van der Waals surface area contributed by atoms with Gasteiger partial charge < -0.3 is 15.0 Å². The first-order valence-corrected chi connectivity index (χ1v) is 10.7. The molecule has 0 radical (unpaired) electrons. The fourth-order valence-corrected chi connectivity index (χ4v) is 3.72. The van der Waals surface area contributed by atoms with Gasteiger partial charge in [-0.3, -0.25) is 9.78 Å². The monoisotopic (exact) mass is 436 g/mol. The second-order valence-electron chi connectivity index (χ2n) is 7.57. The zero-order chi connectivity index (χ0) is 22.3. The molecular formula is C23H25FN6O2. The molecule has 166 valence electrons. The first kappa shape index (κ1) is 21.6. The summed E-state index contributed by atoms with van der Waals surface area (Å²) < 4.78 is 19.6. The fraction of sp³-hybridized carbons (Fsp3) is 0.348. The highest BCUT2D eigenvalue weighted by Crippen LogP contribution is 2.28. The normalized spacial score (nSPS) is 15.2. The second-order valence-corrected chi connectivity index (χ2v) is 7.57. The number of hydrogen-bond acceptors (Lipinski definition) is 7. The summed E-state index contributed by atoms with van der Waals surface area (Å²) in [7, 11) is 0. The van der Waals surface area contributed by atoms with E-state index in [1.807, 2.05) is 6.92 Å². The van der Waals surface area contributed by atoms with Crippen LogP contribution in [0.3, 0.4) is 0 Å². The number of benzene rings is 1. The lowest BCUT2D eigenvalue weighted by Gasteiger charge is -2.33. The zero-order valence-electron chi connectivity index (χ0n) is 17.8. The van der Waals surface area contributed by atoms with E-state index < -0.39 is 11.9 Å². The second kappa shape index (κ2) is 10.1. The molecule has 32 heavy (non-hydrogen) atoms. The molecule has 2 aromatic heterocycles. The summed E-state index contributed by atoms with van der Waals surface area (Å²) in [6.45, 7) is 3.03. The molecule has 0 aliphatic carbocycles. The van der Waals surface area contributed by atoms with Crippen molar-refractivity contribution in [2.24, 2.45) is 0 Å². The number of nitrogens with zero attached hydrogens (tertiary/aromatic N) is 5. The molecule has 1 N–H and O–H groups in total. The van der Waals surface area contributed by atoms with Crippen LogP contribution in [0.4, 0.5) is 16.2 Å². The molecule has 1 saturated heterocycles. The van der Waals surface area contributed by atoms with Gasteiger partial charge in [-0.1, -0.05) is 19.1 Å². The quantitative estimate of drug-likeness (QED) is 0.603. The Balaban J connectivity index is 1.36. The fourth-order valence-electron chi connectivity index (χ4n) is 3.72. The molecule has 9 heteroatoms. The van der Waals surface area contributed by atoms with Crippen LogP contribution < -0.4 is 10.1 Å². The van der Waals surface area contributed by atoms with Gasteiger partial charge in [0.2, 0.25) is 5.95 Å².